The third-order valence-electron chi connectivity index (χ3n) is 7.99. The second-order valence-electron chi connectivity index (χ2n) is 13.2. The highest BCUT2D eigenvalue weighted by Crippen LogP contribution is 2.14. The summed E-state index contributed by atoms with van der Waals surface area (Å²) < 4.78 is 10.5. The summed E-state index contributed by atoms with van der Waals surface area (Å²) in [5.41, 5.74) is 0. The Labute approximate surface area is 287 Å². The second-order valence-corrected chi connectivity index (χ2v) is 13.2. The average Bonchev–Trinajstić information content (AvgIpc) is 3.04. The van der Waals surface area contributed by atoms with Crippen molar-refractivity contribution in [1.29, 1.82) is 0 Å². The van der Waals surface area contributed by atoms with Crippen LogP contribution in [0.4, 0.5) is 0 Å². The van der Waals surface area contributed by atoms with Gasteiger partial charge in [0.05, 0.1) is 18.8 Å². The van der Waals surface area contributed by atoms with Crippen molar-refractivity contribution in [3.8, 4) is 0 Å². The molecule has 7 heteroatoms. The Hall–Kier alpha value is -2.22. The van der Waals surface area contributed by atoms with Crippen LogP contribution in [0.25, 0.3) is 0 Å². The number of carbonyl (C=O) groups is 2. The molecule has 3 N–H and O–H groups in total. The van der Waals surface area contributed by atoms with Gasteiger partial charge in [0.25, 0.3) is 0 Å². The summed E-state index contributed by atoms with van der Waals surface area (Å²) in [6, 6.07) is 0. The smallest absolute Gasteiger partial charge is 0.306 e. The van der Waals surface area contributed by atoms with E-state index in [1.165, 1.54) is 77.0 Å². The number of carbonyl (C=O) groups excluding carboxylic acids is 2. The zero-order chi connectivity index (χ0) is 34.8. The molecular formula is C40H70O7. The van der Waals surface area contributed by atoms with Crippen LogP contribution in [-0.4, -0.2) is 58.8 Å². The lowest BCUT2D eigenvalue weighted by Crippen LogP contribution is -2.28. The summed E-state index contributed by atoms with van der Waals surface area (Å²) in [5, 5.41) is 29.6. The van der Waals surface area contributed by atoms with E-state index in [9.17, 15) is 24.9 Å². The molecule has 0 heterocycles. The van der Waals surface area contributed by atoms with Crippen LogP contribution in [0.2, 0.25) is 0 Å². The van der Waals surface area contributed by atoms with Crippen molar-refractivity contribution < 1.29 is 34.4 Å². The molecule has 272 valence electrons. The van der Waals surface area contributed by atoms with E-state index in [-0.39, 0.29) is 19.0 Å². The normalized spacial score (nSPS) is 14.2. The largest absolute Gasteiger partial charge is 0.462 e. The first-order chi connectivity index (χ1) is 22.8. The molecule has 0 rings (SSSR count). The van der Waals surface area contributed by atoms with Gasteiger partial charge in [-0.15, -0.1) is 0 Å². The maximum Gasteiger partial charge on any atom is 0.306 e. The number of esters is 2. The van der Waals surface area contributed by atoms with Crippen LogP contribution in [0.3, 0.4) is 0 Å². The summed E-state index contributed by atoms with van der Waals surface area (Å²) in [7, 11) is 0. The number of aliphatic hydroxyl groups excluding tert-OH is 3. The minimum atomic E-state index is -0.884. The van der Waals surface area contributed by atoms with Crippen LogP contribution >= 0.6 is 0 Å². The fraction of sp³-hybridized carbons (Fsp3) is 0.750. The maximum atomic E-state index is 12.2. The van der Waals surface area contributed by atoms with E-state index in [0.717, 1.165) is 31.6 Å². The van der Waals surface area contributed by atoms with Crippen molar-refractivity contribution in [1.82, 2.24) is 0 Å². The number of ether oxygens (including phenoxy) is 2. The summed E-state index contributed by atoms with van der Waals surface area (Å²) in [6.07, 6.45) is 33.7. The standard InChI is InChI=1S/C40H70O7/c1-4-5-6-7-16-21-27-36(42)28-22-18-19-23-29-37(43)30-25-32-40(45)47-38(33-41)34-46-39(44)31-24-17-14-12-10-8-9-11-13-15-20-26-35(2)3/h16,18-19,21-23,28-29,35-38,41-43H,4-15,17,20,24-27,30-34H2,1-3H3/b19-18+,21-16-,28-22+,29-23-/t36-,37-,38-/m0/s1. The molecule has 0 radical (unpaired) electrons. The highest BCUT2D eigenvalue weighted by molar-refractivity contribution is 5.70. The van der Waals surface area contributed by atoms with Crippen molar-refractivity contribution in [2.75, 3.05) is 13.2 Å². The van der Waals surface area contributed by atoms with Gasteiger partial charge in [0.15, 0.2) is 6.10 Å². The topological polar surface area (TPSA) is 113 Å². The van der Waals surface area contributed by atoms with Gasteiger partial charge in [0.1, 0.15) is 6.61 Å². The first-order valence-corrected chi connectivity index (χ1v) is 18.8. The summed E-state index contributed by atoms with van der Waals surface area (Å²) in [4.78, 5) is 24.2. The lowest BCUT2D eigenvalue weighted by molar-refractivity contribution is -0.161. The molecule has 0 bridgehead atoms. The molecule has 3 atom stereocenters. The van der Waals surface area contributed by atoms with Crippen molar-refractivity contribution >= 4 is 11.9 Å². The molecule has 0 aliphatic carbocycles. The van der Waals surface area contributed by atoms with E-state index >= 15 is 0 Å². The number of rotatable bonds is 32. The first-order valence-electron chi connectivity index (χ1n) is 18.8. The molecule has 0 unspecified atom stereocenters. The molecule has 0 aromatic heterocycles. The van der Waals surface area contributed by atoms with Crippen molar-refractivity contribution in [3.63, 3.8) is 0 Å². The van der Waals surface area contributed by atoms with Gasteiger partial charge in [0.2, 0.25) is 0 Å². The predicted molar refractivity (Wildman–Crippen MR) is 194 cm³/mol. The third-order valence-corrected chi connectivity index (χ3v) is 7.99. The molecule has 0 aliphatic rings. The number of allylic oxidation sites excluding steroid dienone is 5. The highest BCUT2D eigenvalue weighted by atomic mass is 16.6. The maximum absolute atomic E-state index is 12.2. The number of hydrogen-bond donors (Lipinski definition) is 3. The van der Waals surface area contributed by atoms with Gasteiger partial charge in [-0.2, -0.15) is 0 Å². The SMILES string of the molecule is CCCCC/C=C\C[C@H](O)/C=C/C=C/C=C\[C@H](O)CCCC(=O)O[C@@H](CO)COC(=O)CCCCCCCCCCCCCC(C)C. The van der Waals surface area contributed by atoms with Crippen LogP contribution in [0.5, 0.6) is 0 Å². The fourth-order valence-corrected chi connectivity index (χ4v) is 5.05. The second kappa shape index (κ2) is 33.7. The van der Waals surface area contributed by atoms with Gasteiger partial charge in [-0.05, 0) is 44.4 Å². The Balaban J connectivity index is 3.87. The number of unbranched alkanes of at least 4 members (excludes halogenated alkanes) is 13. The first kappa shape index (κ1) is 44.8. The fourth-order valence-electron chi connectivity index (χ4n) is 5.05. The third kappa shape index (κ3) is 33.5. The summed E-state index contributed by atoms with van der Waals surface area (Å²) in [6.45, 7) is 6.18. The molecule has 47 heavy (non-hydrogen) atoms. The summed E-state index contributed by atoms with van der Waals surface area (Å²) in [5.74, 6) is -0.0148. The van der Waals surface area contributed by atoms with Gasteiger partial charge in [-0.1, -0.05) is 153 Å². The molecule has 0 saturated heterocycles. The van der Waals surface area contributed by atoms with E-state index in [1.807, 2.05) is 6.08 Å². The zero-order valence-corrected chi connectivity index (χ0v) is 30.2. The van der Waals surface area contributed by atoms with Crippen LogP contribution < -0.4 is 0 Å². The highest BCUT2D eigenvalue weighted by Gasteiger charge is 2.16. The van der Waals surface area contributed by atoms with Crippen LogP contribution in [0, 0.1) is 5.92 Å². The van der Waals surface area contributed by atoms with E-state index in [0.29, 0.717) is 25.7 Å². The van der Waals surface area contributed by atoms with Gasteiger partial charge >= 0.3 is 11.9 Å². The van der Waals surface area contributed by atoms with E-state index in [4.69, 9.17) is 9.47 Å². The number of aliphatic hydroxyl groups is 3. The van der Waals surface area contributed by atoms with Gasteiger partial charge < -0.3 is 24.8 Å². The Bertz CT molecular complexity index is 846. The Morgan fingerprint density at radius 2 is 1.21 bits per heavy atom. The molecule has 0 spiro atoms. The Morgan fingerprint density at radius 3 is 1.81 bits per heavy atom. The van der Waals surface area contributed by atoms with E-state index < -0.39 is 30.9 Å². The molecule has 0 amide bonds. The monoisotopic (exact) mass is 663 g/mol. The molecule has 7 nitrogen and oxygen atoms in total. The quantitative estimate of drug-likeness (QED) is 0.0285. The Morgan fingerprint density at radius 1 is 0.638 bits per heavy atom. The van der Waals surface area contributed by atoms with Gasteiger partial charge in [-0.3, -0.25) is 9.59 Å². The molecule has 0 aromatic rings. The van der Waals surface area contributed by atoms with E-state index in [2.05, 4.69) is 26.8 Å². The molecular weight excluding hydrogens is 592 g/mol. The molecule has 0 saturated carbocycles. The average molecular weight is 663 g/mol. The minimum Gasteiger partial charge on any atom is -0.462 e. The lowest BCUT2D eigenvalue weighted by atomic mass is 10.0. The van der Waals surface area contributed by atoms with Crippen LogP contribution in [0.1, 0.15) is 156 Å². The summed E-state index contributed by atoms with van der Waals surface area (Å²) >= 11 is 0. The van der Waals surface area contributed by atoms with Crippen LogP contribution in [-0.2, 0) is 19.1 Å². The Kier molecular flexibility index (Phi) is 32.1. The minimum absolute atomic E-state index is 0.0944. The molecule has 0 fully saturated rings. The van der Waals surface area contributed by atoms with E-state index in [1.54, 1.807) is 36.5 Å². The van der Waals surface area contributed by atoms with Crippen LogP contribution in [0.15, 0.2) is 48.6 Å². The van der Waals surface area contributed by atoms with Gasteiger partial charge in [-0.25, -0.2) is 0 Å². The lowest BCUT2D eigenvalue weighted by Gasteiger charge is -2.16. The zero-order valence-electron chi connectivity index (χ0n) is 30.2. The van der Waals surface area contributed by atoms with Crippen molar-refractivity contribution in [3.05, 3.63) is 48.6 Å². The van der Waals surface area contributed by atoms with Gasteiger partial charge in [0, 0.05) is 12.8 Å². The van der Waals surface area contributed by atoms with Crippen molar-refractivity contribution in [2.24, 2.45) is 5.92 Å². The van der Waals surface area contributed by atoms with Crippen molar-refractivity contribution in [2.45, 2.75) is 174 Å². The number of hydrogen-bond acceptors (Lipinski definition) is 7. The predicted octanol–water partition coefficient (Wildman–Crippen LogP) is 9.25. The molecule has 0 aliphatic heterocycles. The molecule has 0 aromatic carbocycles.